The van der Waals surface area contributed by atoms with E-state index in [0.29, 0.717) is 0 Å². The van der Waals surface area contributed by atoms with E-state index >= 15 is 0 Å². The van der Waals surface area contributed by atoms with E-state index in [0.717, 1.165) is 32.0 Å². The Morgan fingerprint density at radius 3 is 1.96 bits per heavy atom. The van der Waals surface area contributed by atoms with Gasteiger partial charge in [-0.2, -0.15) is 0 Å². The maximum absolute atomic E-state index is 6.30. The molecular weight excluding hydrogens is 294 g/mol. The van der Waals surface area contributed by atoms with Gasteiger partial charge in [-0.15, -0.1) is 0 Å². The monoisotopic (exact) mass is 320 g/mol. The van der Waals surface area contributed by atoms with Gasteiger partial charge in [0.05, 0.1) is 6.61 Å². The second kappa shape index (κ2) is 6.43. The highest BCUT2D eigenvalue weighted by Crippen LogP contribution is 2.41. The summed E-state index contributed by atoms with van der Waals surface area (Å²) in [5.74, 6) is 2.00. The number of piperidine rings is 1. The first-order valence-corrected chi connectivity index (χ1v) is 9.17. The molecule has 2 fully saturated rings. The molecule has 0 amide bonds. The van der Waals surface area contributed by atoms with Crippen LogP contribution in [0.1, 0.15) is 37.3 Å². The molecule has 0 aliphatic carbocycles. The Morgan fingerprint density at radius 1 is 0.875 bits per heavy atom. The molecule has 2 aromatic carbocycles. The van der Waals surface area contributed by atoms with Gasteiger partial charge in [-0.3, -0.25) is 0 Å². The molecule has 2 aliphatic heterocycles. The van der Waals surface area contributed by atoms with Crippen molar-refractivity contribution in [3.63, 3.8) is 0 Å². The molecule has 0 spiro atoms. The van der Waals surface area contributed by atoms with Crippen LogP contribution in [0.4, 0.5) is 0 Å². The Kier molecular flexibility index (Phi) is 4.13. The number of benzene rings is 2. The van der Waals surface area contributed by atoms with E-state index in [1.54, 1.807) is 0 Å². The molecule has 0 saturated carbocycles. The summed E-state index contributed by atoms with van der Waals surface area (Å²) in [5.41, 5.74) is 2.56. The Labute approximate surface area is 144 Å². The van der Waals surface area contributed by atoms with Gasteiger partial charge in [-0.05, 0) is 17.0 Å². The predicted molar refractivity (Wildman–Crippen MR) is 97.6 cm³/mol. The molecule has 0 radical (unpaired) electrons. The van der Waals surface area contributed by atoms with Crippen LogP contribution in [-0.2, 0) is 10.2 Å². The lowest BCUT2D eigenvalue weighted by Gasteiger charge is -2.28. The third kappa shape index (κ3) is 2.54. The van der Waals surface area contributed by atoms with Crippen molar-refractivity contribution in [1.29, 1.82) is 0 Å². The zero-order chi connectivity index (χ0) is 16.4. The third-order valence-corrected chi connectivity index (χ3v) is 5.68. The first-order valence-electron chi connectivity index (χ1n) is 9.17. The summed E-state index contributed by atoms with van der Waals surface area (Å²) in [6.45, 7) is 5.38. The minimum Gasteiger partial charge on any atom is -0.447 e. The molecule has 0 unspecified atom stereocenters. The summed E-state index contributed by atoms with van der Waals surface area (Å²) in [6, 6.07) is 21.8. The van der Waals surface area contributed by atoms with Gasteiger partial charge in [0.2, 0.25) is 0 Å². The summed E-state index contributed by atoms with van der Waals surface area (Å²) in [5, 5.41) is 0. The zero-order valence-corrected chi connectivity index (χ0v) is 14.4. The first-order chi connectivity index (χ1) is 11.8. The van der Waals surface area contributed by atoms with Crippen LogP contribution in [0.2, 0.25) is 0 Å². The number of ether oxygens (including phenoxy) is 1. The molecule has 0 aromatic heterocycles. The smallest absolute Gasteiger partial charge is 0.351 e. The van der Waals surface area contributed by atoms with Crippen molar-refractivity contribution in [2.45, 2.75) is 31.6 Å². The summed E-state index contributed by atoms with van der Waals surface area (Å²) in [7, 11) is 0. The third-order valence-electron chi connectivity index (χ3n) is 5.68. The van der Waals surface area contributed by atoms with E-state index in [9.17, 15) is 0 Å². The zero-order valence-electron chi connectivity index (χ0n) is 14.4. The van der Waals surface area contributed by atoms with Crippen molar-refractivity contribution < 1.29 is 9.31 Å². The molecule has 0 bridgehead atoms. The largest absolute Gasteiger partial charge is 0.447 e. The second-order valence-corrected chi connectivity index (χ2v) is 7.21. The Morgan fingerprint density at radius 2 is 1.42 bits per heavy atom. The molecule has 24 heavy (non-hydrogen) atoms. The highest BCUT2D eigenvalue weighted by Gasteiger charge is 2.51. The second-order valence-electron chi connectivity index (χ2n) is 7.21. The van der Waals surface area contributed by atoms with Gasteiger partial charge < -0.3 is 4.74 Å². The Bertz CT molecular complexity index is 671. The quantitative estimate of drug-likeness (QED) is 0.754. The molecule has 2 saturated heterocycles. The summed E-state index contributed by atoms with van der Waals surface area (Å²) < 4.78 is 8.80. The van der Waals surface area contributed by atoms with Gasteiger partial charge in [0.15, 0.2) is 0 Å². The lowest BCUT2D eigenvalue weighted by atomic mass is 9.73. The molecule has 0 N–H and O–H groups in total. The van der Waals surface area contributed by atoms with Crippen molar-refractivity contribution >= 4 is 5.90 Å². The fourth-order valence-electron chi connectivity index (χ4n) is 4.25. The van der Waals surface area contributed by atoms with E-state index in [4.69, 9.17) is 4.74 Å². The molecule has 2 aromatic rings. The van der Waals surface area contributed by atoms with Crippen LogP contribution in [-0.4, -0.2) is 30.2 Å². The SMILES string of the molecule is CC1CC[N+](=C2OCCC2(c2ccccc2)c2ccccc2)CC1. The lowest BCUT2D eigenvalue weighted by molar-refractivity contribution is -0.550. The van der Waals surface area contributed by atoms with E-state index in [2.05, 4.69) is 72.2 Å². The molecule has 2 heteroatoms. The lowest BCUT2D eigenvalue weighted by Crippen LogP contribution is -2.42. The van der Waals surface area contributed by atoms with Crippen molar-refractivity contribution in [3.05, 3.63) is 71.8 Å². The molecule has 2 aliphatic rings. The first kappa shape index (κ1) is 15.4. The maximum Gasteiger partial charge on any atom is 0.351 e. The van der Waals surface area contributed by atoms with Crippen LogP contribution in [0.3, 0.4) is 0 Å². The van der Waals surface area contributed by atoms with Crippen LogP contribution in [0.15, 0.2) is 60.7 Å². The van der Waals surface area contributed by atoms with Gasteiger partial charge in [-0.25, -0.2) is 4.58 Å². The summed E-state index contributed by atoms with van der Waals surface area (Å²) >= 11 is 0. The van der Waals surface area contributed by atoms with E-state index in [1.807, 2.05) is 0 Å². The fraction of sp³-hybridized carbons (Fsp3) is 0.409. The standard InChI is InChI=1S/C22H26NO/c1-18-12-15-23(16-13-18)21-22(14-17-24-21,19-8-4-2-5-9-19)20-10-6-3-7-11-20/h2-11,18H,12-17H2,1H3/q+1. The van der Waals surface area contributed by atoms with Crippen LogP contribution >= 0.6 is 0 Å². The van der Waals surface area contributed by atoms with E-state index in [-0.39, 0.29) is 5.41 Å². The average molecular weight is 320 g/mol. The topological polar surface area (TPSA) is 12.2 Å². The maximum atomic E-state index is 6.30. The predicted octanol–water partition coefficient (Wildman–Crippen LogP) is 4.23. The summed E-state index contributed by atoms with van der Waals surface area (Å²) in [4.78, 5) is 0. The molecule has 4 rings (SSSR count). The number of hydrogen-bond donors (Lipinski definition) is 0. The van der Waals surface area contributed by atoms with Crippen LogP contribution < -0.4 is 0 Å². The van der Waals surface area contributed by atoms with Crippen molar-refractivity contribution in [1.82, 2.24) is 0 Å². The molecule has 124 valence electrons. The minimum absolute atomic E-state index is 0.136. The van der Waals surface area contributed by atoms with Gasteiger partial charge in [-0.1, -0.05) is 67.6 Å². The van der Waals surface area contributed by atoms with E-state index < -0.39 is 0 Å². The summed E-state index contributed by atoms with van der Waals surface area (Å²) in [6.07, 6.45) is 3.53. The van der Waals surface area contributed by atoms with Crippen molar-refractivity contribution in [2.75, 3.05) is 19.7 Å². The minimum atomic E-state index is -0.136. The molecule has 2 nitrogen and oxygen atoms in total. The average Bonchev–Trinajstić information content (AvgIpc) is 3.10. The van der Waals surface area contributed by atoms with Crippen molar-refractivity contribution in [2.24, 2.45) is 5.92 Å². The van der Waals surface area contributed by atoms with Gasteiger partial charge in [0, 0.05) is 19.3 Å². The number of nitrogens with zero attached hydrogens (tertiary/aromatic N) is 1. The van der Waals surface area contributed by atoms with E-state index in [1.165, 1.54) is 29.9 Å². The molecule has 0 atom stereocenters. The number of hydrogen-bond acceptors (Lipinski definition) is 1. The van der Waals surface area contributed by atoms with Crippen molar-refractivity contribution in [3.8, 4) is 0 Å². The Balaban J connectivity index is 1.88. The molecule has 2 heterocycles. The highest BCUT2D eigenvalue weighted by molar-refractivity contribution is 5.90. The fourth-order valence-corrected chi connectivity index (χ4v) is 4.25. The van der Waals surface area contributed by atoms with Crippen LogP contribution in [0.25, 0.3) is 0 Å². The van der Waals surface area contributed by atoms with Gasteiger partial charge in [0.25, 0.3) is 0 Å². The highest BCUT2D eigenvalue weighted by atomic mass is 16.5. The van der Waals surface area contributed by atoms with Gasteiger partial charge >= 0.3 is 5.90 Å². The Hall–Kier alpha value is -2.09. The number of rotatable bonds is 2. The normalized spacial score (nSPS) is 23.1. The molecular formula is C22H26NO+. The van der Waals surface area contributed by atoms with Gasteiger partial charge in [0.1, 0.15) is 18.5 Å². The van der Waals surface area contributed by atoms with Crippen LogP contribution in [0, 0.1) is 5.92 Å². The van der Waals surface area contributed by atoms with Crippen LogP contribution in [0.5, 0.6) is 0 Å².